The molecule has 1 heterocycles. The van der Waals surface area contributed by atoms with Crippen LogP contribution in [0.15, 0.2) is 79.0 Å². The Morgan fingerprint density at radius 3 is 2.38 bits per heavy atom. The molecule has 2 amide bonds. The summed E-state index contributed by atoms with van der Waals surface area (Å²) in [5.74, 6) is 0.898. The number of amides is 2. The van der Waals surface area contributed by atoms with E-state index in [2.05, 4.69) is 11.1 Å². The second-order valence-electron chi connectivity index (χ2n) is 9.29. The second kappa shape index (κ2) is 13.7. The van der Waals surface area contributed by atoms with Gasteiger partial charge in [-0.05, 0) is 54.8 Å². The fraction of sp³-hybridized carbons (Fsp3) is 0.290. The van der Waals surface area contributed by atoms with Crippen LogP contribution in [0.2, 0.25) is 5.02 Å². The van der Waals surface area contributed by atoms with E-state index in [1.165, 1.54) is 0 Å². The fourth-order valence-corrected chi connectivity index (χ4v) is 4.64. The van der Waals surface area contributed by atoms with Gasteiger partial charge < -0.3 is 24.3 Å². The maximum Gasteiger partial charge on any atom is 0.260 e. The molecule has 0 saturated heterocycles. The highest BCUT2D eigenvalue weighted by atomic mass is 35.5. The van der Waals surface area contributed by atoms with Crippen LogP contribution in [0, 0.1) is 0 Å². The SMILES string of the molecule is CCCN(CC(=O)N(CCc1c[nH]c2ccccc12)Cc1ccccc1OC)C(=O)COc1ccc(Cl)cc1. The quantitative estimate of drug-likeness (QED) is 0.232. The number of methoxy groups -OCH3 is 1. The molecule has 0 spiro atoms. The number of hydrogen-bond donors (Lipinski definition) is 1. The highest BCUT2D eigenvalue weighted by Gasteiger charge is 2.23. The molecule has 0 atom stereocenters. The maximum absolute atomic E-state index is 13.7. The van der Waals surface area contributed by atoms with Crippen molar-refractivity contribution in [2.24, 2.45) is 0 Å². The van der Waals surface area contributed by atoms with Gasteiger partial charge in [0.2, 0.25) is 5.91 Å². The number of nitrogens with one attached hydrogen (secondary N) is 1. The number of fused-ring (bicyclic) bond motifs is 1. The van der Waals surface area contributed by atoms with E-state index in [9.17, 15) is 9.59 Å². The van der Waals surface area contributed by atoms with Crippen LogP contribution in [0.5, 0.6) is 11.5 Å². The van der Waals surface area contributed by atoms with Gasteiger partial charge >= 0.3 is 0 Å². The topological polar surface area (TPSA) is 74.9 Å². The fourth-order valence-electron chi connectivity index (χ4n) is 4.52. The number of nitrogens with zero attached hydrogens (tertiary/aromatic N) is 2. The lowest BCUT2D eigenvalue weighted by molar-refractivity contribution is -0.142. The predicted octanol–water partition coefficient (Wildman–Crippen LogP) is 5.72. The van der Waals surface area contributed by atoms with Crippen LogP contribution in [-0.4, -0.2) is 59.9 Å². The van der Waals surface area contributed by atoms with Crippen LogP contribution in [0.1, 0.15) is 24.5 Å². The number of benzene rings is 3. The normalized spacial score (nSPS) is 10.8. The van der Waals surface area contributed by atoms with E-state index in [0.717, 1.165) is 34.2 Å². The van der Waals surface area contributed by atoms with Crippen LogP contribution in [0.25, 0.3) is 10.9 Å². The van der Waals surface area contributed by atoms with E-state index in [4.69, 9.17) is 21.1 Å². The van der Waals surface area contributed by atoms with E-state index < -0.39 is 0 Å². The number of aromatic nitrogens is 1. The minimum absolute atomic E-state index is 0.0281. The smallest absolute Gasteiger partial charge is 0.260 e. The van der Waals surface area contributed by atoms with Crippen LogP contribution >= 0.6 is 11.6 Å². The van der Waals surface area contributed by atoms with Crippen molar-refractivity contribution >= 4 is 34.3 Å². The largest absolute Gasteiger partial charge is 0.496 e. The van der Waals surface area contributed by atoms with Gasteiger partial charge in [-0.1, -0.05) is 54.9 Å². The molecule has 0 aliphatic rings. The molecule has 0 aliphatic heterocycles. The highest BCUT2D eigenvalue weighted by molar-refractivity contribution is 6.30. The highest BCUT2D eigenvalue weighted by Crippen LogP contribution is 2.22. The summed E-state index contributed by atoms with van der Waals surface area (Å²) >= 11 is 5.93. The van der Waals surface area contributed by atoms with Crippen molar-refractivity contribution in [3.8, 4) is 11.5 Å². The van der Waals surface area contributed by atoms with Crippen molar-refractivity contribution in [3.05, 3.63) is 95.1 Å². The third kappa shape index (κ3) is 7.54. The summed E-state index contributed by atoms with van der Waals surface area (Å²) in [5, 5.41) is 1.74. The van der Waals surface area contributed by atoms with Crippen LogP contribution in [-0.2, 0) is 22.6 Å². The Bertz CT molecular complexity index is 1390. The monoisotopic (exact) mass is 547 g/mol. The molecule has 1 aromatic heterocycles. The summed E-state index contributed by atoms with van der Waals surface area (Å²) in [6.45, 7) is 3.12. The first-order valence-electron chi connectivity index (χ1n) is 13.1. The van der Waals surface area contributed by atoms with Gasteiger partial charge in [0.1, 0.15) is 11.5 Å². The van der Waals surface area contributed by atoms with Gasteiger partial charge in [0, 0.05) is 47.3 Å². The summed E-state index contributed by atoms with van der Waals surface area (Å²) in [4.78, 5) is 33.4. The van der Waals surface area contributed by atoms with Gasteiger partial charge in [-0.3, -0.25) is 9.59 Å². The zero-order valence-corrected chi connectivity index (χ0v) is 23.1. The van der Waals surface area contributed by atoms with E-state index in [1.807, 2.05) is 55.6 Å². The van der Waals surface area contributed by atoms with Gasteiger partial charge in [-0.15, -0.1) is 0 Å². The molecule has 4 rings (SSSR count). The predicted molar refractivity (Wildman–Crippen MR) is 154 cm³/mol. The first-order chi connectivity index (χ1) is 19.0. The molecule has 8 heteroatoms. The molecule has 1 N–H and O–H groups in total. The van der Waals surface area contributed by atoms with Gasteiger partial charge in [0.15, 0.2) is 6.61 Å². The zero-order chi connectivity index (χ0) is 27.6. The van der Waals surface area contributed by atoms with Crippen molar-refractivity contribution in [1.29, 1.82) is 0 Å². The van der Waals surface area contributed by atoms with Gasteiger partial charge in [-0.2, -0.15) is 0 Å². The average Bonchev–Trinajstić information content (AvgIpc) is 3.37. The van der Waals surface area contributed by atoms with Crippen LogP contribution in [0.4, 0.5) is 0 Å². The minimum Gasteiger partial charge on any atom is -0.496 e. The Balaban J connectivity index is 1.48. The van der Waals surface area contributed by atoms with E-state index in [1.54, 1.807) is 41.2 Å². The first kappa shape index (κ1) is 28.0. The summed E-state index contributed by atoms with van der Waals surface area (Å²) in [6, 6.07) is 22.6. The van der Waals surface area contributed by atoms with E-state index in [0.29, 0.717) is 36.8 Å². The molecule has 0 bridgehead atoms. The third-order valence-corrected chi connectivity index (χ3v) is 6.83. The Hall–Kier alpha value is -3.97. The molecule has 0 radical (unpaired) electrons. The molecule has 39 heavy (non-hydrogen) atoms. The number of aromatic amines is 1. The lowest BCUT2D eigenvalue weighted by Crippen LogP contribution is -2.45. The number of ether oxygens (including phenoxy) is 2. The summed E-state index contributed by atoms with van der Waals surface area (Å²) in [6.07, 6.45) is 3.39. The number of halogens is 1. The molecular formula is C31H34ClN3O4. The van der Waals surface area contributed by atoms with Crippen molar-refractivity contribution in [3.63, 3.8) is 0 Å². The van der Waals surface area contributed by atoms with Gasteiger partial charge in [0.05, 0.1) is 13.7 Å². The summed E-state index contributed by atoms with van der Waals surface area (Å²) < 4.78 is 11.2. The zero-order valence-electron chi connectivity index (χ0n) is 22.4. The Morgan fingerprint density at radius 2 is 1.62 bits per heavy atom. The van der Waals surface area contributed by atoms with Gasteiger partial charge in [-0.25, -0.2) is 0 Å². The Morgan fingerprint density at radius 1 is 0.872 bits per heavy atom. The third-order valence-electron chi connectivity index (χ3n) is 6.58. The summed E-state index contributed by atoms with van der Waals surface area (Å²) in [7, 11) is 1.62. The van der Waals surface area contributed by atoms with E-state index >= 15 is 0 Å². The van der Waals surface area contributed by atoms with Crippen LogP contribution in [0.3, 0.4) is 0 Å². The molecule has 3 aromatic carbocycles. The Labute approximate surface area is 234 Å². The van der Waals surface area contributed by atoms with Crippen molar-refractivity contribution in [2.45, 2.75) is 26.3 Å². The van der Waals surface area contributed by atoms with Gasteiger partial charge in [0.25, 0.3) is 5.91 Å². The van der Waals surface area contributed by atoms with E-state index in [-0.39, 0.29) is 25.0 Å². The molecule has 7 nitrogen and oxygen atoms in total. The second-order valence-corrected chi connectivity index (χ2v) is 9.73. The molecule has 0 fully saturated rings. The average molecular weight is 548 g/mol. The lowest BCUT2D eigenvalue weighted by Gasteiger charge is -2.28. The number of carbonyl (C=O) groups excluding carboxylic acids is 2. The molecular weight excluding hydrogens is 514 g/mol. The maximum atomic E-state index is 13.7. The number of rotatable bonds is 13. The first-order valence-corrected chi connectivity index (χ1v) is 13.5. The van der Waals surface area contributed by atoms with Crippen LogP contribution < -0.4 is 9.47 Å². The lowest BCUT2D eigenvalue weighted by atomic mass is 10.1. The standard InChI is InChI=1S/C31H34ClN3O4/c1-3-17-34(31(37)22-39-26-14-12-25(32)13-15-26)21-30(36)35(20-24-8-4-7-11-29(24)38-2)18-16-23-19-33-28-10-6-5-9-27(23)28/h4-15,19,33H,3,16-18,20-22H2,1-2H3. The number of para-hydroxylation sites is 2. The Kier molecular flexibility index (Phi) is 9.86. The minimum atomic E-state index is -0.242. The van der Waals surface area contributed by atoms with Crippen molar-refractivity contribution < 1.29 is 19.1 Å². The molecule has 0 unspecified atom stereocenters. The number of carbonyl (C=O) groups is 2. The molecule has 0 saturated carbocycles. The summed E-state index contributed by atoms with van der Waals surface area (Å²) in [5.41, 5.74) is 3.11. The number of hydrogen-bond acceptors (Lipinski definition) is 4. The molecule has 204 valence electrons. The number of H-pyrrole nitrogens is 1. The van der Waals surface area contributed by atoms with Crippen molar-refractivity contribution in [1.82, 2.24) is 14.8 Å². The molecule has 4 aromatic rings. The molecule has 0 aliphatic carbocycles. The van der Waals surface area contributed by atoms with Crippen molar-refractivity contribution in [2.75, 3.05) is 33.4 Å².